The summed E-state index contributed by atoms with van der Waals surface area (Å²) in [6.07, 6.45) is 2.47. The molecule has 0 bridgehead atoms. The molecule has 1 amide bonds. The number of aliphatic hydroxyl groups is 1. The molecule has 1 aliphatic rings. The van der Waals surface area contributed by atoms with Crippen LogP contribution < -0.4 is 9.47 Å². The summed E-state index contributed by atoms with van der Waals surface area (Å²) in [6.45, 7) is 3.76. The molecule has 0 unspecified atom stereocenters. The van der Waals surface area contributed by atoms with Crippen molar-refractivity contribution in [3.63, 3.8) is 0 Å². The number of rotatable bonds is 10. The Balaban J connectivity index is 1.90. The van der Waals surface area contributed by atoms with Crippen molar-refractivity contribution in [3.05, 3.63) is 77.4 Å². The molecule has 38 heavy (non-hydrogen) atoms. The van der Waals surface area contributed by atoms with Crippen LogP contribution in [0.25, 0.3) is 6.08 Å². The first kappa shape index (κ1) is 29.2. The molecule has 3 rings (SSSR count). The highest BCUT2D eigenvalue weighted by Crippen LogP contribution is 2.41. The quantitative estimate of drug-likeness (QED) is 0.142. The summed E-state index contributed by atoms with van der Waals surface area (Å²) in [5, 5.41) is 21.8. The third-order valence-corrected chi connectivity index (χ3v) is 6.96. The summed E-state index contributed by atoms with van der Waals surface area (Å²) in [4.78, 5) is 39.4. The highest BCUT2D eigenvalue weighted by Gasteiger charge is 2.33. The van der Waals surface area contributed by atoms with Gasteiger partial charge in [-0.3, -0.25) is 14.9 Å². The maximum Gasteiger partial charge on any atom is 0.344 e. The summed E-state index contributed by atoms with van der Waals surface area (Å²) in [5.74, 6) is -0.562. The smallest absolute Gasteiger partial charge is 0.344 e. The van der Waals surface area contributed by atoms with E-state index in [9.17, 15) is 24.8 Å². The minimum Gasteiger partial charge on any atom is -0.506 e. The second-order valence-electron chi connectivity index (χ2n) is 7.86. The predicted molar refractivity (Wildman–Crippen MR) is 152 cm³/mol. The summed E-state index contributed by atoms with van der Waals surface area (Å²) in [5.41, 5.74) is 1.24. The standard InChI is InChI=1S/C26H25IN2O8S/c1-4-6-21(30)28-25-22(26(32)36-5-2)23(31)20(38-25)13-16-11-18(27)24(19(12-16)35-3)37-14-15-7-9-17(10-8-15)29(33)34/h7-13,31H,4-6,14H2,1-3H3/b20-13-,28-25?. The molecule has 0 saturated carbocycles. The van der Waals surface area contributed by atoms with Crippen LogP contribution in [0.3, 0.4) is 0 Å². The molecule has 0 fully saturated rings. The Morgan fingerprint density at radius 3 is 2.53 bits per heavy atom. The van der Waals surface area contributed by atoms with E-state index in [1.807, 2.05) is 6.92 Å². The highest BCUT2D eigenvalue weighted by molar-refractivity contribution is 14.1. The van der Waals surface area contributed by atoms with Crippen molar-refractivity contribution < 1.29 is 33.8 Å². The van der Waals surface area contributed by atoms with Gasteiger partial charge >= 0.3 is 5.97 Å². The summed E-state index contributed by atoms with van der Waals surface area (Å²) >= 11 is 3.10. The fourth-order valence-electron chi connectivity index (χ4n) is 3.36. The van der Waals surface area contributed by atoms with Gasteiger partial charge in [0, 0.05) is 18.6 Å². The molecule has 0 spiro atoms. The molecule has 12 heteroatoms. The molecular weight excluding hydrogens is 627 g/mol. The Morgan fingerprint density at radius 1 is 1.21 bits per heavy atom. The zero-order valence-corrected chi connectivity index (χ0v) is 23.8. The molecule has 0 aromatic heterocycles. The first-order valence-corrected chi connectivity index (χ1v) is 13.4. The van der Waals surface area contributed by atoms with Crippen LogP contribution in [0.15, 0.2) is 57.6 Å². The van der Waals surface area contributed by atoms with E-state index in [1.165, 1.54) is 19.2 Å². The number of non-ortho nitro benzene ring substituents is 1. The van der Waals surface area contributed by atoms with Crippen LogP contribution in [-0.4, -0.2) is 40.7 Å². The van der Waals surface area contributed by atoms with Crippen LogP contribution >= 0.6 is 34.4 Å². The number of halogens is 1. The second-order valence-corrected chi connectivity index (χ2v) is 10.1. The largest absolute Gasteiger partial charge is 0.506 e. The Labute approximate surface area is 237 Å². The number of thioether (sulfide) groups is 1. The average molecular weight is 652 g/mol. The second kappa shape index (κ2) is 13.4. The van der Waals surface area contributed by atoms with Gasteiger partial charge in [0.1, 0.15) is 23.0 Å². The predicted octanol–water partition coefficient (Wildman–Crippen LogP) is 5.98. The Kier molecular flexibility index (Phi) is 10.3. The van der Waals surface area contributed by atoms with Gasteiger partial charge in [0.05, 0.1) is 27.1 Å². The number of hydrogen-bond acceptors (Lipinski definition) is 9. The Hall–Kier alpha value is -3.39. The van der Waals surface area contributed by atoms with Crippen LogP contribution in [0.5, 0.6) is 11.5 Å². The van der Waals surface area contributed by atoms with Gasteiger partial charge in [0.15, 0.2) is 11.5 Å². The number of nitro benzene ring substituents is 1. The van der Waals surface area contributed by atoms with E-state index in [1.54, 1.807) is 37.3 Å². The number of esters is 1. The van der Waals surface area contributed by atoms with Gasteiger partial charge in [-0.15, -0.1) is 0 Å². The molecule has 1 aliphatic heterocycles. The SMILES string of the molecule is CCCC(=O)N=C1S/C(=C\c2cc(I)c(OCc3ccc([N+](=O)[O-])cc3)c(OC)c2)C(O)=C1C(=O)OCC. The lowest BCUT2D eigenvalue weighted by Gasteiger charge is -2.14. The first-order valence-electron chi connectivity index (χ1n) is 11.5. The van der Waals surface area contributed by atoms with Crippen LogP contribution in [0.1, 0.15) is 37.8 Å². The van der Waals surface area contributed by atoms with Gasteiger partial charge in [0.25, 0.3) is 5.69 Å². The van der Waals surface area contributed by atoms with Crippen LogP contribution in [0.2, 0.25) is 0 Å². The zero-order chi connectivity index (χ0) is 27.8. The molecule has 0 aliphatic carbocycles. The number of aliphatic hydroxyl groups excluding tert-OH is 1. The molecular formula is C26H25IN2O8S. The molecule has 0 saturated heterocycles. The Bertz CT molecular complexity index is 1340. The van der Waals surface area contributed by atoms with Gasteiger partial charge in [0.2, 0.25) is 5.91 Å². The number of nitro groups is 1. The van der Waals surface area contributed by atoms with Crippen LogP contribution in [0, 0.1) is 13.7 Å². The highest BCUT2D eigenvalue weighted by atomic mass is 127. The van der Waals surface area contributed by atoms with E-state index in [2.05, 4.69) is 27.6 Å². The lowest BCUT2D eigenvalue weighted by atomic mass is 10.1. The fourth-order valence-corrected chi connectivity index (χ4v) is 5.17. The number of ether oxygens (including phenoxy) is 3. The molecule has 2 aromatic rings. The minimum absolute atomic E-state index is 0.00516. The fraction of sp³-hybridized carbons (Fsp3) is 0.269. The number of nitrogens with zero attached hydrogens (tertiary/aromatic N) is 2. The van der Waals surface area contributed by atoms with Gasteiger partial charge in [-0.1, -0.05) is 18.7 Å². The Morgan fingerprint density at radius 2 is 1.92 bits per heavy atom. The molecule has 10 nitrogen and oxygen atoms in total. The van der Waals surface area contributed by atoms with Crippen molar-refractivity contribution >= 4 is 63.0 Å². The van der Waals surface area contributed by atoms with Crippen molar-refractivity contribution in [2.24, 2.45) is 4.99 Å². The maximum atomic E-state index is 12.5. The number of hydrogen-bond donors (Lipinski definition) is 1. The van der Waals surface area contributed by atoms with E-state index >= 15 is 0 Å². The van der Waals surface area contributed by atoms with Gasteiger partial charge < -0.3 is 19.3 Å². The van der Waals surface area contributed by atoms with E-state index < -0.39 is 16.8 Å². The number of benzene rings is 2. The van der Waals surface area contributed by atoms with Crippen molar-refractivity contribution in [1.82, 2.24) is 0 Å². The van der Waals surface area contributed by atoms with E-state index in [4.69, 9.17) is 14.2 Å². The van der Waals surface area contributed by atoms with Gasteiger partial charge in [-0.2, -0.15) is 0 Å². The summed E-state index contributed by atoms with van der Waals surface area (Å²) in [7, 11) is 1.49. The van der Waals surface area contributed by atoms with Gasteiger partial charge in [-0.25, -0.2) is 9.79 Å². The topological polar surface area (TPSA) is 138 Å². The summed E-state index contributed by atoms with van der Waals surface area (Å²) in [6, 6.07) is 9.56. The van der Waals surface area contributed by atoms with E-state index in [0.29, 0.717) is 32.0 Å². The van der Waals surface area contributed by atoms with E-state index in [-0.39, 0.29) is 41.7 Å². The number of carbonyl (C=O) groups excluding carboxylic acids is 2. The van der Waals surface area contributed by atoms with Crippen LogP contribution in [-0.2, 0) is 20.9 Å². The van der Waals surface area contributed by atoms with Crippen molar-refractivity contribution in [2.45, 2.75) is 33.3 Å². The van der Waals surface area contributed by atoms with Crippen molar-refractivity contribution in [1.29, 1.82) is 0 Å². The third-order valence-electron chi connectivity index (χ3n) is 5.14. The average Bonchev–Trinajstić information content (AvgIpc) is 3.17. The first-order chi connectivity index (χ1) is 18.2. The molecule has 0 radical (unpaired) electrons. The van der Waals surface area contributed by atoms with E-state index in [0.717, 1.165) is 17.3 Å². The van der Waals surface area contributed by atoms with Crippen molar-refractivity contribution in [3.8, 4) is 11.5 Å². The molecule has 2 aromatic carbocycles. The zero-order valence-electron chi connectivity index (χ0n) is 20.9. The molecule has 0 atom stereocenters. The lowest BCUT2D eigenvalue weighted by Crippen LogP contribution is -2.14. The number of carbonyl (C=O) groups is 2. The molecule has 1 N–H and O–H groups in total. The molecule has 200 valence electrons. The number of amides is 1. The monoisotopic (exact) mass is 652 g/mol. The maximum absolute atomic E-state index is 12.5. The normalized spacial score (nSPS) is 15.2. The third kappa shape index (κ3) is 7.13. The number of methoxy groups -OCH3 is 1. The molecule has 1 heterocycles. The van der Waals surface area contributed by atoms with Crippen molar-refractivity contribution in [2.75, 3.05) is 13.7 Å². The lowest BCUT2D eigenvalue weighted by molar-refractivity contribution is -0.384. The summed E-state index contributed by atoms with van der Waals surface area (Å²) < 4.78 is 17.2. The van der Waals surface area contributed by atoms with Gasteiger partial charge in [-0.05, 0) is 77.4 Å². The van der Waals surface area contributed by atoms with Crippen LogP contribution in [0.4, 0.5) is 5.69 Å². The minimum atomic E-state index is -0.758. The number of aliphatic imine (C=N–C) groups is 1.